The minimum absolute atomic E-state index is 0.0508. The van der Waals surface area contributed by atoms with Crippen molar-refractivity contribution in [3.63, 3.8) is 0 Å². The van der Waals surface area contributed by atoms with Crippen molar-refractivity contribution < 1.29 is 14.3 Å². The van der Waals surface area contributed by atoms with Gasteiger partial charge in [-0.2, -0.15) is 0 Å². The monoisotopic (exact) mass is 318 g/mol. The van der Waals surface area contributed by atoms with Crippen LogP contribution in [0, 0.1) is 5.92 Å². The highest BCUT2D eigenvalue weighted by atomic mass is 16.5. The number of amides is 2. The molecule has 23 heavy (non-hydrogen) atoms. The molecule has 0 unspecified atom stereocenters. The Bertz CT molecular complexity index is 539. The van der Waals surface area contributed by atoms with E-state index in [9.17, 15) is 9.59 Å². The third-order valence-electron chi connectivity index (χ3n) is 4.36. The molecule has 0 bridgehead atoms. The molecule has 126 valence electrons. The summed E-state index contributed by atoms with van der Waals surface area (Å²) in [4.78, 5) is 25.7. The molecule has 0 radical (unpaired) electrons. The lowest BCUT2D eigenvalue weighted by atomic mass is 9.89. The molecule has 0 spiro atoms. The highest BCUT2D eigenvalue weighted by molar-refractivity contribution is 5.91. The van der Waals surface area contributed by atoms with Crippen LogP contribution in [-0.2, 0) is 9.59 Å². The molecule has 0 aliphatic heterocycles. The molecule has 1 N–H and O–H groups in total. The molecule has 0 saturated heterocycles. The molecule has 0 atom stereocenters. The van der Waals surface area contributed by atoms with E-state index in [0.717, 1.165) is 31.4 Å². The van der Waals surface area contributed by atoms with E-state index in [1.54, 1.807) is 12.0 Å². The molecule has 1 fully saturated rings. The second-order valence-corrected chi connectivity index (χ2v) is 6.00. The molecule has 2 rings (SSSR count). The van der Waals surface area contributed by atoms with Crippen molar-refractivity contribution in [1.29, 1.82) is 0 Å². The van der Waals surface area contributed by atoms with E-state index >= 15 is 0 Å². The maximum Gasteiger partial charge on any atom is 0.223 e. The van der Waals surface area contributed by atoms with Crippen molar-refractivity contribution >= 4 is 17.5 Å². The van der Waals surface area contributed by atoms with Gasteiger partial charge in [0.25, 0.3) is 0 Å². The fourth-order valence-electron chi connectivity index (χ4n) is 3.05. The summed E-state index contributed by atoms with van der Waals surface area (Å²) in [6.45, 7) is 2.45. The lowest BCUT2D eigenvalue weighted by Gasteiger charge is -2.24. The summed E-state index contributed by atoms with van der Waals surface area (Å²) in [5, 5.41) is 2.97. The maximum absolute atomic E-state index is 12.2. The molecule has 2 amide bonds. The van der Waals surface area contributed by atoms with E-state index in [1.165, 1.54) is 13.3 Å². The standard InChI is InChI=1S/C18H26N2O3/c1-14(21)20(16-9-6-10-17(13-16)23-2)12-11-19-18(22)15-7-4-3-5-8-15/h6,9-10,13,15H,3-5,7-8,11-12H2,1-2H3,(H,19,22). The van der Waals surface area contributed by atoms with E-state index in [0.29, 0.717) is 18.8 Å². The third kappa shape index (κ3) is 4.98. The number of rotatable bonds is 6. The van der Waals surface area contributed by atoms with Gasteiger partial charge in [0.15, 0.2) is 0 Å². The average molecular weight is 318 g/mol. The molecule has 0 heterocycles. The fourth-order valence-corrected chi connectivity index (χ4v) is 3.05. The zero-order valence-electron chi connectivity index (χ0n) is 14.0. The van der Waals surface area contributed by atoms with Gasteiger partial charge in [-0.05, 0) is 25.0 Å². The Morgan fingerprint density at radius 2 is 2.00 bits per heavy atom. The molecular weight excluding hydrogens is 292 g/mol. The predicted molar refractivity (Wildman–Crippen MR) is 90.6 cm³/mol. The number of nitrogens with one attached hydrogen (secondary N) is 1. The summed E-state index contributed by atoms with van der Waals surface area (Å²) in [5.74, 6) is 0.926. The van der Waals surface area contributed by atoms with E-state index in [4.69, 9.17) is 4.74 Å². The molecule has 5 nitrogen and oxygen atoms in total. The molecule has 1 aromatic rings. The molecule has 1 aliphatic carbocycles. The van der Waals surface area contributed by atoms with E-state index in [-0.39, 0.29) is 17.7 Å². The number of carbonyl (C=O) groups is 2. The number of benzene rings is 1. The molecule has 1 saturated carbocycles. The quantitative estimate of drug-likeness (QED) is 0.877. The Kier molecular flexibility index (Phi) is 6.44. The highest BCUT2D eigenvalue weighted by Crippen LogP contribution is 2.24. The van der Waals surface area contributed by atoms with Crippen LogP contribution in [0.4, 0.5) is 5.69 Å². The lowest BCUT2D eigenvalue weighted by molar-refractivity contribution is -0.126. The van der Waals surface area contributed by atoms with Gasteiger partial charge >= 0.3 is 0 Å². The van der Waals surface area contributed by atoms with E-state index in [1.807, 2.05) is 24.3 Å². The van der Waals surface area contributed by atoms with Crippen LogP contribution in [-0.4, -0.2) is 32.0 Å². The van der Waals surface area contributed by atoms with Gasteiger partial charge < -0.3 is 15.0 Å². The largest absolute Gasteiger partial charge is 0.497 e. The van der Waals surface area contributed by atoms with Gasteiger partial charge in [0.05, 0.1) is 7.11 Å². The van der Waals surface area contributed by atoms with Crippen molar-refractivity contribution in [2.45, 2.75) is 39.0 Å². The summed E-state index contributed by atoms with van der Waals surface area (Å²) in [6, 6.07) is 7.38. The minimum atomic E-state index is -0.0508. The minimum Gasteiger partial charge on any atom is -0.497 e. The maximum atomic E-state index is 12.2. The number of hydrogen-bond acceptors (Lipinski definition) is 3. The number of ether oxygens (including phenoxy) is 1. The van der Waals surface area contributed by atoms with Gasteiger partial charge in [0.1, 0.15) is 5.75 Å². The first-order chi connectivity index (χ1) is 11.1. The first-order valence-electron chi connectivity index (χ1n) is 8.31. The Hall–Kier alpha value is -2.04. The van der Waals surface area contributed by atoms with Crippen LogP contribution in [0.3, 0.4) is 0 Å². The molecule has 1 aromatic carbocycles. The number of carbonyl (C=O) groups excluding carboxylic acids is 2. The molecule has 5 heteroatoms. The Labute approximate surface area is 138 Å². The summed E-state index contributed by atoms with van der Waals surface area (Å²) in [7, 11) is 1.60. The molecule has 1 aliphatic rings. The van der Waals surface area contributed by atoms with Crippen LogP contribution in [0.2, 0.25) is 0 Å². The van der Waals surface area contributed by atoms with Crippen molar-refractivity contribution in [2.75, 3.05) is 25.1 Å². The topological polar surface area (TPSA) is 58.6 Å². The summed E-state index contributed by atoms with van der Waals surface area (Å²) in [5.41, 5.74) is 0.781. The van der Waals surface area contributed by atoms with E-state index < -0.39 is 0 Å². The number of nitrogens with zero attached hydrogens (tertiary/aromatic N) is 1. The van der Waals surface area contributed by atoms with Crippen molar-refractivity contribution in [1.82, 2.24) is 5.32 Å². The van der Waals surface area contributed by atoms with Crippen LogP contribution in [0.15, 0.2) is 24.3 Å². The summed E-state index contributed by atoms with van der Waals surface area (Å²) in [6.07, 6.45) is 5.48. The lowest BCUT2D eigenvalue weighted by Crippen LogP contribution is -2.40. The van der Waals surface area contributed by atoms with Crippen LogP contribution in [0.5, 0.6) is 5.75 Å². The molecular formula is C18H26N2O3. The van der Waals surface area contributed by atoms with Gasteiger partial charge in [-0.15, -0.1) is 0 Å². The van der Waals surface area contributed by atoms with Crippen LogP contribution in [0.1, 0.15) is 39.0 Å². The van der Waals surface area contributed by atoms with Gasteiger partial charge in [-0.1, -0.05) is 25.3 Å². The summed E-state index contributed by atoms with van der Waals surface area (Å²) < 4.78 is 5.20. The zero-order valence-corrected chi connectivity index (χ0v) is 14.0. The van der Waals surface area contributed by atoms with E-state index in [2.05, 4.69) is 5.32 Å². The van der Waals surface area contributed by atoms with Gasteiger partial charge in [0, 0.05) is 37.7 Å². The predicted octanol–water partition coefficient (Wildman–Crippen LogP) is 2.74. The second-order valence-electron chi connectivity index (χ2n) is 6.00. The Balaban J connectivity index is 1.89. The fraction of sp³-hybridized carbons (Fsp3) is 0.556. The van der Waals surface area contributed by atoms with Crippen molar-refractivity contribution in [3.8, 4) is 5.75 Å². The van der Waals surface area contributed by atoms with Gasteiger partial charge in [-0.25, -0.2) is 0 Å². The smallest absolute Gasteiger partial charge is 0.223 e. The first kappa shape index (κ1) is 17.3. The average Bonchev–Trinajstić information content (AvgIpc) is 2.59. The van der Waals surface area contributed by atoms with Crippen LogP contribution in [0.25, 0.3) is 0 Å². The highest BCUT2D eigenvalue weighted by Gasteiger charge is 2.21. The third-order valence-corrected chi connectivity index (χ3v) is 4.36. The zero-order chi connectivity index (χ0) is 16.7. The Morgan fingerprint density at radius 3 is 2.65 bits per heavy atom. The molecule has 0 aromatic heterocycles. The van der Waals surface area contributed by atoms with Crippen molar-refractivity contribution in [3.05, 3.63) is 24.3 Å². The SMILES string of the molecule is COc1cccc(N(CCNC(=O)C2CCCCC2)C(C)=O)c1. The van der Waals surface area contributed by atoms with Crippen LogP contribution < -0.4 is 15.0 Å². The Morgan fingerprint density at radius 1 is 1.26 bits per heavy atom. The van der Waals surface area contributed by atoms with Crippen LogP contribution >= 0.6 is 0 Å². The number of methoxy groups -OCH3 is 1. The first-order valence-corrected chi connectivity index (χ1v) is 8.31. The second kappa shape index (κ2) is 8.56. The van der Waals surface area contributed by atoms with Gasteiger partial charge in [-0.3, -0.25) is 9.59 Å². The summed E-state index contributed by atoms with van der Waals surface area (Å²) >= 11 is 0. The van der Waals surface area contributed by atoms with Gasteiger partial charge in [0.2, 0.25) is 11.8 Å². The normalized spacial score (nSPS) is 15.0. The number of anilines is 1. The number of hydrogen-bond donors (Lipinski definition) is 1. The van der Waals surface area contributed by atoms with Crippen molar-refractivity contribution in [2.24, 2.45) is 5.92 Å².